The second kappa shape index (κ2) is 8.99. The lowest BCUT2D eigenvalue weighted by atomic mass is 9.99. The summed E-state index contributed by atoms with van der Waals surface area (Å²) in [5.74, 6) is 0.120. The van der Waals surface area contributed by atoms with Gasteiger partial charge in [0, 0.05) is 55.6 Å². The van der Waals surface area contributed by atoms with Crippen molar-refractivity contribution in [2.75, 3.05) is 44.7 Å². The Morgan fingerprint density at radius 3 is 2.62 bits per heavy atom. The second-order valence-corrected chi connectivity index (χ2v) is 8.81. The smallest absolute Gasteiger partial charge is 0.284 e. The van der Waals surface area contributed by atoms with Crippen LogP contribution in [0.3, 0.4) is 0 Å². The number of aliphatic imine (C=N–C) groups is 2. The van der Waals surface area contributed by atoms with E-state index < -0.39 is 4.92 Å². The first-order valence-electron chi connectivity index (χ1n) is 10.7. The van der Waals surface area contributed by atoms with E-state index in [0.29, 0.717) is 39.0 Å². The number of fused-ring (bicyclic) bond motifs is 3. The molecule has 34 heavy (non-hydrogen) atoms. The van der Waals surface area contributed by atoms with Crippen molar-refractivity contribution in [3.05, 3.63) is 75.6 Å². The number of likely N-dealkylation sites (N-methyl/N-ethyl adjacent to an activating group) is 1. The number of nitro groups is 1. The molecule has 3 heterocycles. The Morgan fingerprint density at radius 1 is 1.12 bits per heavy atom. The monoisotopic (exact) mass is 480 g/mol. The minimum atomic E-state index is -0.502. The van der Waals surface area contributed by atoms with Gasteiger partial charge in [-0.3, -0.25) is 24.8 Å². The highest BCUT2D eigenvalue weighted by Crippen LogP contribution is 2.36. The Labute approximate surface area is 199 Å². The summed E-state index contributed by atoms with van der Waals surface area (Å²) in [5, 5.41) is 11.5. The van der Waals surface area contributed by atoms with E-state index in [1.54, 1.807) is 30.5 Å². The van der Waals surface area contributed by atoms with Crippen molar-refractivity contribution in [3.8, 4) is 0 Å². The molecule has 0 atom stereocenters. The zero-order valence-corrected chi connectivity index (χ0v) is 19.2. The van der Waals surface area contributed by atoms with Crippen molar-refractivity contribution in [3.63, 3.8) is 0 Å². The minimum absolute atomic E-state index is 0.0783. The molecule has 0 spiro atoms. The molecule has 1 saturated heterocycles. The Bertz CT molecular complexity index is 1270. The predicted octanol–water partition coefficient (Wildman–Crippen LogP) is 3.26. The van der Waals surface area contributed by atoms with Crippen LogP contribution < -0.4 is 4.90 Å². The molecule has 0 aliphatic carbocycles. The largest absolute Gasteiger partial charge is 0.373 e. The predicted molar refractivity (Wildman–Crippen MR) is 129 cm³/mol. The summed E-state index contributed by atoms with van der Waals surface area (Å²) in [6.07, 6.45) is 1.78. The summed E-state index contributed by atoms with van der Waals surface area (Å²) in [6, 6.07) is 11.0. The minimum Gasteiger partial charge on any atom is -0.373 e. The normalized spacial score (nSPS) is 19.5. The van der Waals surface area contributed by atoms with Gasteiger partial charge in [-0.1, -0.05) is 18.2 Å². The lowest BCUT2D eigenvalue weighted by Gasteiger charge is -2.31. The fraction of sp³-hybridized carbons (Fsp3) is 0.261. The van der Waals surface area contributed by atoms with Crippen molar-refractivity contribution >= 4 is 41.0 Å². The quantitative estimate of drug-likeness (QED) is 0.379. The average molecular weight is 481 g/mol. The first-order valence-corrected chi connectivity index (χ1v) is 11.5. The van der Waals surface area contributed by atoms with Crippen LogP contribution in [0.5, 0.6) is 0 Å². The number of amidine groups is 1. The molecule has 0 saturated carbocycles. The van der Waals surface area contributed by atoms with Crippen LogP contribution in [0.15, 0.2) is 69.2 Å². The molecule has 3 aliphatic rings. The third kappa shape index (κ3) is 3.97. The van der Waals surface area contributed by atoms with Crippen molar-refractivity contribution in [1.82, 2.24) is 9.80 Å². The van der Waals surface area contributed by atoms with Crippen LogP contribution in [0.4, 0.5) is 15.3 Å². The van der Waals surface area contributed by atoms with Gasteiger partial charge in [0.25, 0.3) is 11.6 Å². The number of nitrogens with zero attached hydrogens (tertiary/aromatic N) is 6. The van der Waals surface area contributed by atoms with Crippen molar-refractivity contribution < 1.29 is 13.6 Å². The lowest BCUT2D eigenvalue weighted by molar-refractivity contribution is -0.384. The van der Waals surface area contributed by atoms with Crippen LogP contribution in [0.1, 0.15) is 11.1 Å². The number of piperazine rings is 1. The molecule has 2 aromatic rings. The second-order valence-electron chi connectivity index (χ2n) is 8.22. The maximum Gasteiger partial charge on any atom is 0.284 e. The number of amides is 1. The van der Waals surface area contributed by atoms with E-state index in [-0.39, 0.29) is 30.3 Å². The number of halogens is 1. The summed E-state index contributed by atoms with van der Waals surface area (Å²) in [7, 11) is 2.06. The van der Waals surface area contributed by atoms with Gasteiger partial charge in [0.15, 0.2) is 0 Å². The number of nitro benzene ring substituents is 1. The first-order chi connectivity index (χ1) is 16.5. The van der Waals surface area contributed by atoms with Gasteiger partial charge in [0.2, 0.25) is 0 Å². The van der Waals surface area contributed by atoms with E-state index in [9.17, 15) is 18.8 Å². The summed E-state index contributed by atoms with van der Waals surface area (Å²) in [4.78, 5) is 39.8. The number of non-ortho nitro benzene ring substituents is 1. The van der Waals surface area contributed by atoms with Gasteiger partial charge in [-0.2, -0.15) is 3.89 Å². The number of rotatable bonds is 4. The Balaban J connectivity index is 1.61. The fourth-order valence-corrected chi connectivity index (χ4v) is 4.63. The topological polar surface area (TPSA) is 94.7 Å². The van der Waals surface area contributed by atoms with Crippen LogP contribution in [0.25, 0.3) is 0 Å². The van der Waals surface area contributed by atoms with Crippen molar-refractivity contribution in [2.24, 2.45) is 9.98 Å². The number of hydrogen-bond donors (Lipinski definition) is 0. The van der Waals surface area contributed by atoms with Crippen LogP contribution in [-0.4, -0.2) is 71.9 Å². The van der Waals surface area contributed by atoms with Gasteiger partial charge in [0.05, 0.1) is 39.9 Å². The first kappa shape index (κ1) is 22.2. The molecule has 0 aromatic heterocycles. The number of carbonyl (C=O) groups is 1. The lowest BCUT2D eigenvalue weighted by Crippen LogP contribution is -2.42. The van der Waals surface area contributed by atoms with Crippen LogP contribution in [0, 0.1) is 10.1 Å². The maximum atomic E-state index is 13.7. The standard InChI is InChI=1S/C23H21FN6O3S/c1-27-8-10-28(11-9-27)14-18-23(31)29-19-7-6-15(30(32)33)12-17(19)22(25-13-21(29)26-18)16-4-2-3-5-20(16)34-24/h2-7,12,14H,8-11,13H2,1H3/b18-14-. The third-order valence-corrected chi connectivity index (χ3v) is 6.59. The van der Waals surface area contributed by atoms with E-state index in [2.05, 4.69) is 26.8 Å². The van der Waals surface area contributed by atoms with Crippen molar-refractivity contribution in [2.45, 2.75) is 4.90 Å². The molecule has 1 amide bonds. The number of carbonyl (C=O) groups excluding carboxylic acids is 1. The summed E-state index contributed by atoms with van der Waals surface area (Å²) in [6.45, 7) is 3.45. The molecule has 9 nitrogen and oxygen atoms in total. The highest BCUT2D eigenvalue weighted by Gasteiger charge is 2.37. The highest BCUT2D eigenvalue weighted by molar-refractivity contribution is 7.94. The Hall–Kier alpha value is -3.57. The van der Waals surface area contributed by atoms with Gasteiger partial charge in [0.1, 0.15) is 11.5 Å². The summed E-state index contributed by atoms with van der Waals surface area (Å²) in [5.41, 5.74) is 1.87. The molecule has 0 N–H and O–H groups in total. The Morgan fingerprint density at radius 2 is 1.88 bits per heavy atom. The molecule has 0 bridgehead atoms. The summed E-state index contributed by atoms with van der Waals surface area (Å²) >= 11 is 0.0793. The molecule has 1 fully saturated rings. The molecule has 174 valence electrons. The van der Waals surface area contributed by atoms with Gasteiger partial charge in [-0.05, 0) is 19.2 Å². The van der Waals surface area contributed by atoms with Crippen molar-refractivity contribution in [1.29, 1.82) is 0 Å². The van der Waals surface area contributed by atoms with Crippen LogP contribution in [-0.2, 0) is 4.79 Å². The van der Waals surface area contributed by atoms with Crippen LogP contribution >= 0.6 is 12.1 Å². The molecular formula is C23H21FN6O3S. The maximum absolute atomic E-state index is 13.7. The molecule has 2 aromatic carbocycles. The van der Waals surface area contributed by atoms with E-state index in [0.717, 1.165) is 26.2 Å². The van der Waals surface area contributed by atoms with Gasteiger partial charge < -0.3 is 9.80 Å². The summed E-state index contributed by atoms with van der Waals surface area (Å²) < 4.78 is 13.7. The molecule has 3 aliphatic heterocycles. The number of anilines is 1. The molecule has 5 rings (SSSR count). The molecule has 0 radical (unpaired) electrons. The molecular weight excluding hydrogens is 459 g/mol. The number of benzene rings is 2. The van der Waals surface area contributed by atoms with E-state index in [1.165, 1.54) is 23.1 Å². The zero-order chi connectivity index (χ0) is 23.8. The average Bonchev–Trinajstić information content (AvgIpc) is 3.05. The molecule has 11 heteroatoms. The van der Waals surface area contributed by atoms with E-state index >= 15 is 0 Å². The SMILES string of the molecule is CN1CCN(/C=C2\N=C3CN=C(c4ccccc4SF)c4cc([N+](=O)[O-])ccc4N3C2=O)CC1. The van der Waals surface area contributed by atoms with Gasteiger partial charge in [-0.15, -0.1) is 0 Å². The Kier molecular flexibility index (Phi) is 5.88. The highest BCUT2D eigenvalue weighted by atomic mass is 32.2. The third-order valence-electron chi connectivity index (χ3n) is 6.06. The number of hydrogen-bond acceptors (Lipinski definition) is 8. The van der Waals surface area contributed by atoms with E-state index in [4.69, 9.17) is 0 Å². The van der Waals surface area contributed by atoms with E-state index in [1.807, 2.05) is 0 Å². The zero-order valence-electron chi connectivity index (χ0n) is 18.3. The molecule has 0 unspecified atom stereocenters. The van der Waals surface area contributed by atoms with Crippen LogP contribution in [0.2, 0.25) is 0 Å². The fourth-order valence-electron chi connectivity index (χ4n) is 4.25. The van der Waals surface area contributed by atoms with Gasteiger partial charge >= 0.3 is 0 Å². The van der Waals surface area contributed by atoms with Gasteiger partial charge in [-0.25, -0.2) is 4.99 Å².